The molecule has 0 bridgehead atoms. The fourth-order valence-electron chi connectivity index (χ4n) is 2.43. The van der Waals surface area contributed by atoms with Crippen molar-refractivity contribution >= 4 is 22.7 Å². The summed E-state index contributed by atoms with van der Waals surface area (Å²) < 4.78 is 0. The Labute approximate surface area is 100 Å². The van der Waals surface area contributed by atoms with E-state index in [0.717, 1.165) is 22.7 Å². The average Bonchev–Trinajstić information content (AvgIpc) is 2.28. The Morgan fingerprint density at radius 3 is 1.82 bits per heavy atom. The number of benzene rings is 2. The third-order valence-electron chi connectivity index (χ3n) is 3.36. The van der Waals surface area contributed by atoms with Crippen molar-refractivity contribution < 1.29 is 0 Å². The summed E-state index contributed by atoms with van der Waals surface area (Å²) in [6, 6.07) is 12.0. The van der Waals surface area contributed by atoms with Crippen molar-refractivity contribution in [2.75, 3.05) is 16.8 Å². The summed E-state index contributed by atoms with van der Waals surface area (Å²) in [5, 5.41) is 3.39. The Morgan fingerprint density at radius 1 is 0.882 bits per heavy atom. The van der Waals surface area contributed by atoms with Gasteiger partial charge in [-0.3, -0.25) is 0 Å². The monoisotopic (exact) mass is 225 g/mol. The molecule has 0 radical (unpaired) electrons. The van der Waals surface area contributed by atoms with Gasteiger partial charge in [0.25, 0.3) is 0 Å². The predicted octanol–water partition coefficient (Wildman–Crippen LogP) is 3.06. The minimum Gasteiger partial charge on any atom is -0.399 e. The summed E-state index contributed by atoms with van der Waals surface area (Å²) in [7, 11) is 0. The molecular formula is C14H15N3. The molecule has 0 spiro atoms. The molecule has 3 rings (SSSR count). The minimum atomic E-state index is 0.363. The Bertz CT molecular complexity index is 539. The van der Waals surface area contributed by atoms with Crippen LogP contribution in [0.2, 0.25) is 0 Å². The summed E-state index contributed by atoms with van der Waals surface area (Å²) in [4.78, 5) is 0. The second-order valence-corrected chi connectivity index (χ2v) is 4.54. The average molecular weight is 225 g/mol. The van der Waals surface area contributed by atoms with Crippen LogP contribution in [-0.2, 0) is 0 Å². The first-order chi connectivity index (χ1) is 8.15. The zero-order valence-corrected chi connectivity index (χ0v) is 9.70. The van der Waals surface area contributed by atoms with Gasteiger partial charge in [-0.15, -0.1) is 0 Å². The van der Waals surface area contributed by atoms with E-state index in [1.54, 1.807) is 0 Å². The van der Waals surface area contributed by atoms with Gasteiger partial charge in [-0.05, 0) is 35.4 Å². The molecule has 0 fully saturated rings. The highest BCUT2D eigenvalue weighted by molar-refractivity contribution is 5.77. The smallest absolute Gasteiger partial charge is 0.0443 e. The van der Waals surface area contributed by atoms with E-state index in [4.69, 9.17) is 11.5 Å². The van der Waals surface area contributed by atoms with E-state index < -0.39 is 0 Å². The molecule has 0 saturated carbocycles. The number of nitrogens with two attached hydrogens (primary N) is 2. The van der Waals surface area contributed by atoms with Crippen molar-refractivity contribution in [2.45, 2.75) is 12.8 Å². The number of hydrogen-bond acceptors (Lipinski definition) is 3. The van der Waals surface area contributed by atoms with Gasteiger partial charge in [0.1, 0.15) is 0 Å². The van der Waals surface area contributed by atoms with Gasteiger partial charge in [-0.2, -0.15) is 0 Å². The lowest BCUT2D eigenvalue weighted by Gasteiger charge is -2.27. The molecule has 1 heterocycles. The number of rotatable bonds is 0. The molecule has 2 aromatic carbocycles. The van der Waals surface area contributed by atoms with Crippen molar-refractivity contribution in [3.8, 4) is 0 Å². The molecule has 17 heavy (non-hydrogen) atoms. The molecule has 2 aromatic rings. The first kappa shape index (κ1) is 10.0. The predicted molar refractivity (Wildman–Crippen MR) is 72.5 cm³/mol. The van der Waals surface area contributed by atoms with Crippen LogP contribution in [0, 0.1) is 0 Å². The summed E-state index contributed by atoms with van der Waals surface area (Å²) in [5.74, 6) is 0.363. The quantitative estimate of drug-likeness (QED) is 0.604. The maximum absolute atomic E-state index is 5.81. The van der Waals surface area contributed by atoms with Crippen LogP contribution in [-0.4, -0.2) is 0 Å². The van der Waals surface area contributed by atoms with Crippen molar-refractivity contribution in [1.29, 1.82) is 0 Å². The van der Waals surface area contributed by atoms with Gasteiger partial charge in [0, 0.05) is 28.7 Å². The van der Waals surface area contributed by atoms with Gasteiger partial charge in [0.05, 0.1) is 0 Å². The van der Waals surface area contributed by atoms with Gasteiger partial charge >= 0.3 is 0 Å². The van der Waals surface area contributed by atoms with E-state index >= 15 is 0 Å². The van der Waals surface area contributed by atoms with E-state index in [9.17, 15) is 0 Å². The van der Waals surface area contributed by atoms with Crippen LogP contribution in [0.15, 0.2) is 36.4 Å². The maximum atomic E-state index is 5.81. The van der Waals surface area contributed by atoms with Gasteiger partial charge in [-0.1, -0.05) is 19.1 Å². The third-order valence-corrected chi connectivity index (χ3v) is 3.36. The molecule has 0 unspecified atom stereocenters. The molecule has 0 atom stereocenters. The molecular weight excluding hydrogens is 210 g/mol. The van der Waals surface area contributed by atoms with Crippen LogP contribution in [0.5, 0.6) is 0 Å². The summed E-state index contributed by atoms with van der Waals surface area (Å²) >= 11 is 0. The first-order valence-corrected chi connectivity index (χ1v) is 5.71. The molecule has 0 amide bonds. The lowest BCUT2D eigenvalue weighted by atomic mass is 9.87. The van der Waals surface area contributed by atoms with Gasteiger partial charge in [0.2, 0.25) is 0 Å². The van der Waals surface area contributed by atoms with Crippen molar-refractivity contribution in [2.24, 2.45) is 0 Å². The second kappa shape index (κ2) is 3.42. The Kier molecular flexibility index (Phi) is 2.01. The van der Waals surface area contributed by atoms with E-state index in [-0.39, 0.29) is 0 Å². The fraction of sp³-hybridized carbons (Fsp3) is 0.143. The second-order valence-electron chi connectivity index (χ2n) is 4.54. The van der Waals surface area contributed by atoms with Crippen molar-refractivity contribution in [3.05, 3.63) is 47.5 Å². The molecule has 0 aliphatic carbocycles. The first-order valence-electron chi connectivity index (χ1n) is 5.71. The molecule has 1 aliphatic rings. The summed E-state index contributed by atoms with van der Waals surface area (Å²) in [6.07, 6.45) is 0. The number of nitrogen functional groups attached to an aromatic ring is 2. The molecule has 3 heteroatoms. The molecule has 0 saturated heterocycles. The van der Waals surface area contributed by atoms with E-state index in [0.29, 0.717) is 5.92 Å². The zero-order chi connectivity index (χ0) is 12.0. The van der Waals surface area contributed by atoms with Crippen molar-refractivity contribution in [3.63, 3.8) is 0 Å². The van der Waals surface area contributed by atoms with Crippen molar-refractivity contribution in [1.82, 2.24) is 0 Å². The van der Waals surface area contributed by atoms with Crippen LogP contribution in [0.1, 0.15) is 24.0 Å². The third kappa shape index (κ3) is 1.51. The van der Waals surface area contributed by atoms with Gasteiger partial charge < -0.3 is 16.8 Å². The number of hydrogen-bond donors (Lipinski definition) is 3. The molecule has 5 N–H and O–H groups in total. The van der Waals surface area contributed by atoms with Crippen LogP contribution in [0.25, 0.3) is 0 Å². The minimum absolute atomic E-state index is 0.363. The number of fused-ring (bicyclic) bond motifs is 2. The van der Waals surface area contributed by atoms with E-state index in [2.05, 4.69) is 24.4 Å². The van der Waals surface area contributed by atoms with Crippen LogP contribution >= 0.6 is 0 Å². The summed E-state index contributed by atoms with van der Waals surface area (Å²) in [5.41, 5.74) is 17.9. The standard InChI is InChI=1S/C14H15N3/c1-8-11-4-2-9(15)6-13(11)17-14-7-10(16)3-5-12(8)14/h2-8,17H,15-16H2,1H3. The lowest BCUT2D eigenvalue weighted by Crippen LogP contribution is -2.11. The highest BCUT2D eigenvalue weighted by Crippen LogP contribution is 2.42. The topological polar surface area (TPSA) is 64.1 Å². The van der Waals surface area contributed by atoms with Crippen LogP contribution < -0.4 is 16.8 Å². The van der Waals surface area contributed by atoms with Gasteiger partial charge in [-0.25, -0.2) is 0 Å². The molecule has 0 aromatic heterocycles. The lowest BCUT2D eigenvalue weighted by molar-refractivity contribution is 0.913. The van der Waals surface area contributed by atoms with Crippen LogP contribution in [0.3, 0.4) is 0 Å². The largest absolute Gasteiger partial charge is 0.399 e. The summed E-state index contributed by atoms with van der Waals surface area (Å²) in [6.45, 7) is 2.20. The maximum Gasteiger partial charge on any atom is 0.0443 e. The normalized spacial score (nSPS) is 13.7. The van der Waals surface area contributed by atoms with E-state index in [1.165, 1.54) is 11.1 Å². The molecule has 86 valence electrons. The Hall–Kier alpha value is -2.16. The number of anilines is 4. The van der Waals surface area contributed by atoms with Crippen LogP contribution in [0.4, 0.5) is 22.7 Å². The Morgan fingerprint density at radius 2 is 1.35 bits per heavy atom. The highest BCUT2D eigenvalue weighted by Gasteiger charge is 2.21. The number of nitrogens with one attached hydrogen (secondary N) is 1. The SMILES string of the molecule is CC1c2ccc(N)cc2Nc2cc(N)ccc21. The zero-order valence-electron chi connectivity index (χ0n) is 9.70. The van der Waals surface area contributed by atoms with E-state index in [1.807, 2.05) is 24.3 Å². The van der Waals surface area contributed by atoms with Gasteiger partial charge in [0.15, 0.2) is 0 Å². The highest BCUT2D eigenvalue weighted by atomic mass is 14.9. The Balaban J connectivity index is 2.17. The molecule has 1 aliphatic heterocycles. The fourth-order valence-corrected chi connectivity index (χ4v) is 2.43. The molecule has 3 nitrogen and oxygen atoms in total.